The van der Waals surface area contributed by atoms with Gasteiger partial charge in [-0.2, -0.15) is 4.98 Å². The number of halogens is 2. The number of aromatic nitrogens is 2. The van der Waals surface area contributed by atoms with Gasteiger partial charge in [-0.25, -0.2) is 0 Å². The van der Waals surface area contributed by atoms with E-state index in [1.165, 1.54) is 11.1 Å². The van der Waals surface area contributed by atoms with Crippen LogP contribution in [0.15, 0.2) is 40.9 Å². The molecule has 1 heterocycles. The van der Waals surface area contributed by atoms with Crippen molar-refractivity contribution in [2.24, 2.45) is 5.73 Å². The van der Waals surface area contributed by atoms with E-state index in [0.717, 1.165) is 24.8 Å². The Morgan fingerprint density at radius 2 is 2.12 bits per heavy atom. The highest BCUT2D eigenvalue weighted by molar-refractivity contribution is 6.42. The molecule has 0 spiro atoms. The Balaban J connectivity index is 1.50. The van der Waals surface area contributed by atoms with Crippen LogP contribution in [0.2, 0.25) is 10.0 Å². The van der Waals surface area contributed by atoms with Crippen LogP contribution in [-0.2, 0) is 13.0 Å². The summed E-state index contributed by atoms with van der Waals surface area (Å²) in [6.45, 7) is 0.138. The molecule has 2 aromatic carbocycles. The first-order valence-corrected chi connectivity index (χ1v) is 9.15. The summed E-state index contributed by atoms with van der Waals surface area (Å²) >= 11 is 12.1. The van der Waals surface area contributed by atoms with Crippen molar-refractivity contribution < 1.29 is 9.26 Å². The zero-order chi connectivity index (χ0) is 18.1. The number of fused-ring (bicyclic) bond motifs is 1. The number of rotatable bonds is 4. The smallest absolute Gasteiger partial charge is 0.258 e. The zero-order valence-electron chi connectivity index (χ0n) is 13.9. The number of aryl methyl sites for hydroxylation is 1. The minimum absolute atomic E-state index is 0.113. The molecule has 0 saturated heterocycles. The molecule has 1 aliphatic rings. The Labute approximate surface area is 161 Å². The molecule has 0 aliphatic heterocycles. The molecule has 7 heteroatoms. The minimum Gasteiger partial charge on any atom is -0.484 e. The van der Waals surface area contributed by atoms with Gasteiger partial charge >= 0.3 is 0 Å². The van der Waals surface area contributed by atoms with Crippen molar-refractivity contribution in [3.8, 4) is 17.2 Å². The average molecular weight is 390 g/mol. The highest BCUT2D eigenvalue weighted by atomic mass is 35.5. The summed E-state index contributed by atoms with van der Waals surface area (Å²) in [7, 11) is 0. The summed E-state index contributed by atoms with van der Waals surface area (Å²) in [6.07, 6.45) is 3.15. The fourth-order valence-electron chi connectivity index (χ4n) is 3.15. The van der Waals surface area contributed by atoms with Gasteiger partial charge in [-0.05, 0) is 54.7 Å². The second-order valence-corrected chi connectivity index (χ2v) is 7.05. The van der Waals surface area contributed by atoms with Gasteiger partial charge in [0.1, 0.15) is 10.8 Å². The normalized spacial score (nSPS) is 16.3. The van der Waals surface area contributed by atoms with E-state index in [1.807, 2.05) is 6.07 Å². The molecule has 1 aliphatic carbocycles. The van der Waals surface area contributed by atoms with Crippen molar-refractivity contribution in [3.63, 3.8) is 0 Å². The van der Waals surface area contributed by atoms with Gasteiger partial charge in [-0.3, -0.25) is 0 Å². The molecule has 0 bridgehead atoms. The van der Waals surface area contributed by atoms with Crippen LogP contribution >= 0.6 is 23.2 Å². The molecule has 134 valence electrons. The number of nitrogens with two attached hydrogens (primary N) is 1. The highest BCUT2D eigenvalue weighted by Crippen LogP contribution is 2.33. The predicted octanol–water partition coefficient (Wildman–Crippen LogP) is 4.96. The molecule has 2 N–H and O–H groups in total. The number of nitrogens with zero attached hydrogens (tertiary/aromatic N) is 2. The SMILES string of the molecule is NC1CCCc2cc(-c3nc(COc4cccc(Cl)c4Cl)no3)ccc21. The van der Waals surface area contributed by atoms with Gasteiger partial charge in [0.25, 0.3) is 5.89 Å². The molecule has 26 heavy (non-hydrogen) atoms. The lowest BCUT2D eigenvalue weighted by molar-refractivity contribution is 0.287. The molecule has 1 atom stereocenters. The summed E-state index contributed by atoms with van der Waals surface area (Å²) in [5.41, 5.74) is 9.52. The monoisotopic (exact) mass is 389 g/mol. The molecule has 0 saturated carbocycles. The summed E-state index contributed by atoms with van der Waals surface area (Å²) in [6, 6.07) is 11.4. The Hall–Kier alpha value is -2.08. The van der Waals surface area contributed by atoms with Gasteiger partial charge in [-0.15, -0.1) is 0 Å². The Kier molecular flexibility index (Phi) is 4.85. The third kappa shape index (κ3) is 3.43. The van der Waals surface area contributed by atoms with Crippen molar-refractivity contribution in [2.45, 2.75) is 31.9 Å². The topological polar surface area (TPSA) is 74.2 Å². The first-order valence-electron chi connectivity index (χ1n) is 8.40. The molecule has 1 aromatic heterocycles. The van der Waals surface area contributed by atoms with E-state index in [1.54, 1.807) is 18.2 Å². The van der Waals surface area contributed by atoms with E-state index in [9.17, 15) is 0 Å². The van der Waals surface area contributed by atoms with E-state index >= 15 is 0 Å². The second-order valence-electron chi connectivity index (χ2n) is 6.27. The maximum Gasteiger partial charge on any atom is 0.258 e. The van der Waals surface area contributed by atoms with Gasteiger partial charge in [0.15, 0.2) is 6.61 Å². The zero-order valence-corrected chi connectivity index (χ0v) is 15.4. The van der Waals surface area contributed by atoms with Crippen molar-refractivity contribution >= 4 is 23.2 Å². The van der Waals surface area contributed by atoms with E-state index in [2.05, 4.69) is 22.3 Å². The maximum absolute atomic E-state index is 6.17. The van der Waals surface area contributed by atoms with Gasteiger partial charge in [0.2, 0.25) is 5.82 Å². The second kappa shape index (κ2) is 7.27. The Bertz CT molecular complexity index is 942. The lowest BCUT2D eigenvalue weighted by Gasteiger charge is -2.22. The van der Waals surface area contributed by atoms with Crippen molar-refractivity contribution in [3.05, 3.63) is 63.4 Å². The van der Waals surface area contributed by atoms with Crippen LogP contribution in [0.4, 0.5) is 0 Å². The number of hydrogen-bond acceptors (Lipinski definition) is 5. The van der Waals surface area contributed by atoms with E-state index < -0.39 is 0 Å². The molecule has 0 amide bonds. The van der Waals surface area contributed by atoms with Crippen LogP contribution in [0.5, 0.6) is 5.75 Å². The molecule has 4 rings (SSSR count). The molecular weight excluding hydrogens is 373 g/mol. The number of ether oxygens (including phenoxy) is 1. The highest BCUT2D eigenvalue weighted by Gasteiger charge is 2.19. The molecular formula is C19H17Cl2N3O2. The van der Waals surface area contributed by atoms with Crippen molar-refractivity contribution in [1.29, 1.82) is 0 Å². The van der Waals surface area contributed by atoms with E-state index in [-0.39, 0.29) is 12.6 Å². The Morgan fingerprint density at radius 3 is 3.00 bits per heavy atom. The average Bonchev–Trinajstić information content (AvgIpc) is 3.12. The molecule has 0 fully saturated rings. The first-order chi connectivity index (χ1) is 12.6. The quantitative estimate of drug-likeness (QED) is 0.682. The number of benzene rings is 2. The van der Waals surface area contributed by atoms with Crippen molar-refractivity contribution in [2.75, 3.05) is 0 Å². The van der Waals surface area contributed by atoms with Crippen LogP contribution in [0.1, 0.15) is 35.8 Å². The summed E-state index contributed by atoms with van der Waals surface area (Å²) < 4.78 is 11.0. The summed E-state index contributed by atoms with van der Waals surface area (Å²) in [5.74, 6) is 1.38. The van der Waals surface area contributed by atoms with Gasteiger partial charge in [0.05, 0.1) is 5.02 Å². The van der Waals surface area contributed by atoms with Crippen LogP contribution < -0.4 is 10.5 Å². The van der Waals surface area contributed by atoms with Crippen LogP contribution in [-0.4, -0.2) is 10.1 Å². The van der Waals surface area contributed by atoms with Gasteiger partial charge in [0, 0.05) is 11.6 Å². The van der Waals surface area contributed by atoms with E-state index in [0.29, 0.717) is 27.5 Å². The largest absolute Gasteiger partial charge is 0.484 e. The lowest BCUT2D eigenvalue weighted by Crippen LogP contribution is -2.17. The summed E-state index contributed by atoms with van der Waals surface area (Å²) in [5, 5.41) is 4.78. The summed E-state index contributed by atoms with van der Waals surface area (Å²) in [4.78, 5) is 4.41. The minimum atomic E-state index is 0.113. The fraction of sp³-hybridized carbons (Fsp3) is 0.263. The predicted molar refractivity (Wildman–Crippen MR) is 100 cm³/mol. The molecule has 1 unspecified atom stereocenters. The first kappa shape index (κ1) is 17.3. The third-order valence-corrected chi connectivity index (χ3v) is 5.29. The van der Waals surface area contributed by atoms with Crippen molar-refractivity contribution in [1.82, 2.24) is 10.1 Å². The van der Waals surface area contributed by atoms with Gasteiger partial charge < -0.3 is 15.0 Å². The lowest BCUT2D eigenvalue weighted by atomic mass is 9.87. The maximum atomic E-state index is 6.17. The standard InChI is InChI=1S/C19H17Cl2N3O2/c20-14-4-2-6-16(18(14)21)25-10-17-23-19(26-24-17)12-7-8-13-11(9-12)3-1-5-15(13)22/h2,4,6-9,15H,1,3,5,10,22H2. The van der Waals surface area contributed by atoms with Crippen LogP contribution in [0, 0.1) is 0 Å². The third-order valence-electron chi connectivity index (χ3n) is 4.49. The fourth-order valence-corrected chi connectivity index (χ4v) is 3.50. The molecule has 5 nitrogen and oxygen atoms in total. The number of hydrogen-bond donors (Lipinski definition) is 1. The van der Waals surface area contributed by atoms with Crippen LogP contribution in [0.25, 0.3) is 11.5 Å². The van der Waals surface area contributed by atoms with Gasteiger partial charge in [-0.1, -0.05) is 40.5 Å². The van der Waals surface area contributed by atoms with Crippen LogP contribution in [0.3, 0.4) is 0 Å². The molecule has 3 aromatic rings. The van der Waals surface area contributed by atoms with E-state index in [4.69, 9.17) is 38.2 Å². The Morgan fingerprint density at radius 1 is 1.23 bits per heavy atom. The molecule has 0 radical (unpaired) electrons.